The number of hydrogen-bond acceptors (Lipinski definition) is 5. The zero-order valence-corrected chi connectivity index (χ0v) is 9.09. The van der Waals surface area contributed by atoms with Crippen molar-refractivity contribution in [2.45, 2.75) is 31.1 Å². The van der Waals surface area contributed by atoms with Gasteiger partial charge in [-0.1, -0.05) is 12.1 Å². The Kier molecular flexibility index (Phi) is 3.42. The molecule has 0 saturated carbocycles. The van der Waals surface area contributed by atoms with Gasteiger partial charge in [-0.2, -0.15) is 16.7 Å². The minimum atomic E-state index is 0.665. The fraction of sp³-hybridized carbons (Fsp3) is 0.778. The molecule has 5 heteroatoms. The molecule has 0 aliphatic carbocycles. The molecule has 0 bridgehead atoms. The van der Waals surface area contributed by atoms with E-state index in [1.54, 1.807) is 0 Å². The summed E-state index contributed by atoms with van der Waals surface area (Å²) in [6.07, 6.45) is 3.55. The predicted octanol–water partition coefficient (Wildman–Crippen LogP) is 1.10. The zero-order valence-electron chi connectivity index (χ0n) is 8.27. The third-order valence-corrected chi connectivity index (χ3v) is 3.73. The molecular weight excluding hydrogens is 198 g/mol. The lowest BCUT2D eigenvalue weighted by Crippen LogP contribution is -2.30. The van der Waals surface area contributed by atoms with Crippen molar-refractivity contribution in [1.82, 2.24) is 15.5 Å². The van der Waals surface area contributed by atoms with Crippen molar-refractivity contribution in [2.24, 2.45) is 0 Å². The van der Waals surface area contributed by atoms with Gasteiger partial charge in [0.25, 0.3) is 0 Å². The van der Waals surface area contributed by atoms with Gasteiger partial charge in [-0.15, -0.1) is 0 Å². The molecule has 2 unspecified atom stereocenters. The monoisotopic (exact) mass is 213 g/mol. The van der Waals surface area contributed by atoms with E-state index in [1.807, 2.05) is 11.8 Å². The van der Waals surface area contributed by atoms with E-state index in [0.29, 0.717) is 6.04 Å². The van der Waals surface area contributed by atoms with Crippen LogP contribution < -0.4 is 5.32 Å². The number of nitrogens with one attached hydrogen (secondary N) is 1. The molecule has 14 heavy (non-hydrogen) atoms. The van der Waals surface area contributed by atoms with Crippen molar-refractivity contribution < 1.29 is 4.52 Å². The predicted molar refractivity (Wildman–Crippen MR) is 56.3 cm³/mol. The van der Waals surface area contributed by atoms with Crippen molar-refractivity contribution in [3.8, 4) is 0 Å². The van der Waals surface area contributed by atoms with E-state index in [2.05, 4.69) is 22.4 Å². The van der Waals surface area contributed by atoms with Crippen molar-refractivity contribution >= 4 is 11.8 Å². The number of thioether (sulfide) groups is 1. The fourth-order valence-electron chi connectivity index (χ4n) is 1.65. The van der Waals surface area contributed by atoms with Gasteiger partial charge in [0.1, 0.15) is 0 Å². The van der Waals surface area contributed by atoms with Crippen LogP contribution >= 0.6 is 11.8 Å². The van der Waals surface area contributed by atoms with E-state index in [0.717, 1.165) is 24.1 Å². The van der Waals surface area contributed by atoms with E-state index in [4.69, 9.17) is 4.52 Å². The Balaban J connectivity index is 1.64. The molecule has 2 heterocycles. The largest absolute Gasteiger partial charge is 0.340 e. The Labute approximate surface area is 87.8 Å². The van der Waals surface area contributed by atoms with Crippen molar-refractivity contribution in [1.29, 1.82) is 0 Å². The molecule has 2 atom stereocenters. The normalized spacial score (nSPS) is 26.9. The standard InChI is InChI=1S/C9H15N3OS/c1-7-4-8(5-14-7)10-3-2-9-11-6-12-13-9/h6-8,10H,2-5H2,1H3. The summed E-state index contributed by atoms with van der Waals surface area (Å²) >= 11 is 2.04. The summed E-state index contributed by atoms with van der Waals surface area (Å²) in [7, 11) is 0. The number of nitrogens with zero attached hydrogens (tertiary/aromatic N) is 2. The molecule has 0 spiro atoms. The van der Waals surface area contributed by atoms with Crippen LogP contribution in [0.5, 0.6) is 0 Å². The number of hydrogen-bond donors (Lipinski definition) is 1. The van der Waals surface area contributed by atoms with Crippen LogP contribution in [0.1, 0.15) is 19.2 Å². The summed E-state index contributed by atoms with van der Waals surface area (Å²) in [5.41, 5.74) is 0. The maximum atomic E-state index is 4.91. The second-order valence-corrected chi connectivity index (χ2v) is 5.09. The van der Waals surface area contributed by atoms with Crippen LogP contribution in [0, 0.1) is 0 Å². The van der Waals surface area contributed by atoms with Crippen molar-refractivity contribution in [3.05, 3.63) is 12.2 Å². The lowest BCUT2D eigenvalue weighted by atomic mass is 10.2. The average Bonchev–Trinajstić information content (AvgIpc) is 2.77. The molecule has 1 saturated heterocycles. The second kappa shape index (κ2) is 4.79. The van der Waals surface area contributed by atoms with E-state index in [9.17, 15) is 0 Å². The summed E-state index contributed by atoms with van der Waals surface area (Å²) < 4.78 is 4.91. The SMILES string of the molecule is CC1CC(NCCc2ncno2)CS1. The molecule has 78 valence electrons. The first kappa shape index (κ1) is 9.98. The van der Waals surface area contributed by atoms with Gasteiger partial charge in [-0.3, -0.25) is 0 Å². The highest BCUT2D eigenvalue weighted by atomic mass is 32.2. The maximum Gasteiger partial charge on any atom is 0.227 e. The smallest absolute Gasteiger partial charge is 0.227 e. The maximum absolute atomic E-state index is 4.91. The topological polar surface area (TPSA) is 51.0 Å². The highest BCUT2D eigenvalue weighted by Gasteiger charge is 2.20. The van der Waals surface area contributed by atoms with E-state index in [1.165, 1.54) is 18.5 Å². The van der Waals surface area contributed by atoms with Gasteiger partial charge in [0.2, 0.25) is 5.89 Å². The number of rotatable bonds is 4. The van der Waals surface area contributed by atoms with Crippen molar-refractivity contribution in [3.63, 3.8) is 0 Å². The Morgan fingerprint density at radius 1 is 1.71 bits per heavy atom. The molecule has 0 aromatic carbocycles. The molecule has 1 aliphatic heterocycles. The van der Waals surface area contributed by atoms with Crippen LogP contribution in [0.3, 0.4) is 0 Å². The zero-order chi connectivity index (χ0) is 9.80. The Bertz CT molecular complexity index is 265. The van der Waals surface area contributed by atoms with Crippen LogP contribution in [0.4, 0.5) is 0 Å². The molecular formula is C9H15N3OS. The van der Waals surface area contributed by atoms with Gasteiger partial charge >= 0.3 is 0 Å². The Hall–Kier alpha value is -0.550. The first-order valence-corrected chi connectivity index (χ1v) is 6.00. The Morgan fingerprint density at radius 3 is 3.29 bits per heavy atom. The van der Waals surface area contributed by atoms with Crippen LogP contribution in [0.15, 0.2) is 10.9 Å². The molecule has 1 N–H and O–H groups in total. The van der Waals surface area contributed by atoms with E-state index < -0.39 is 0 Å². The average molecular weight is 213 g/mol. The molecule has 0 radical (unpaired) electrons. The highest BCUT2D eigenvalue weighted by molar-refractivity contribution is 8.00. The second-order valence-electron chi connectivity index (χ2n) is 3.62. The number of aromatic nitrogens is 2. The van der Waals surface area contributed by atoms with E-state index >= 15 is 0 Å². The summed E-state index contributed by atoms with van der Waals surface area (Å²) in [5, 5.41) is 7.87. The summed E-state index contributed by atoms with van der Waals surface area (Å²) in [6, 6.07) is 0.665. The minimum Gasteiger partial charge on any atom is -0.340 e. The third kappa shape index (κ3) is 2.72. The molecule has 0 amide bonds. The van der Waals surface area contributed by atoms with Crippen molar-refractivity contribution in [2.75, 3.05) is 12.3 Å². The quantitative estimate of drug-likeness (QED) is 0.811. The van der Waals surface area contributed by atoms with Gasteiger partial charge in [0.05, 0.1) is 0 Å². The van der Waals surface area contributed by atoms with Gasteiger partial charge in [-0.25, -0.2) is 0 Å². The lowest BCUT2D eigenvalue weighted by Gasteiger charge is -2.09. The van der Waals surface area contributed by atoms with Crippen LogP contribution in [-0.2, 0) is 6.42 Å². The first-order chi connectivity index (χ1) is 6.84. The van der Waals surface area contributed by atoms with Crippen LogP contribution in [0.2, 0.25) is 0 Å². The van der Waals surface area contributed by atoms with Crippen LogP contribution in [-0.4, -0.2) is 33.7 Å². The molecule has 2 rings (SSSR count). The third-order valence-electron chi connectivity index (χ3n) is 2.38. The van der Waals surface area contributed by atoms with Gasteiger partial charge < -0.3 is 9.84 Å². The minimum absolute atomic E-state index is 0.665. The molecule has 1 aromatic rings. The van der Waals surface area contributed by atoms with E-state index in [-0.39, 0.29) is 0 Å². The highest BCUT2D eigenvalue weighted by Crippen LogP contribution is 2.25. The Morgan fingerprint density at radius 2 is 2.64 bits per heavy atom. The molecule has 1 fully saturated rings. The summed E-state index contributed by atoms with van der Waals surface area (Å²) in [6.45, 7) is 3.21. The molecule has 1 aromatic heterocycles. The summed E-state index contributed by atoms with van der Waals surface area (Å²) in [4.78, 5) is 3.97. The van der Waals surface area contributed by atoms with Gasteiger partial charge in [0, 0.05) is 30.0 Å². The van der Waals surface area contributed by atoms with Gasteiger partial charge in [0.15, 0.2) is 6.33 Å². The molecule has 4 nitrogen and oxygen atoms in total. The van der Waals surface area contributed by atoms with Crippen LogP contribution in [0.25, 0.3) is 0 Å². The van der Waals surface area contributed by atoms with Gasteiger partial charge in [-0.05, 0) is 6.42 Å². The summed E-state index contributed by atoms with van der Waals surface area (Å²) in [5.74, 6) is 1.95. The lowest BCUT2D eigenvalue weighted by molar-refractivity contribution is 0.372. The molecule has 1 aliphatic rings. The first-order valence-electron chi connectivity index (χ1n) is 4.95. The fourth-order valence-corrected chi connectivity index (χ4v) is 2.83.